The van der Waals surface area contributed by atoms with Crippen molar-refractivity contribution < 1.29 is 14.2 Å². The maximum atomic E-state index is 6.22. The summed E-state index contributed by atoms with van der Waals surface area (Å²) in [5, 5.41) is 0. The molecule has 4 rings (SSSR count). The van der Waals surface area contributed by atoms with E-state index in [1.165, 1.54) is 0 Å². The molecular weight excluding hydrogens is 358 g/mol. The lowest BCUT2D eigenvalue weighted by Gasteiger charge is -2.34. The first kappa shape index (κ1) is 20.0. The Balaban J connectivity index is 1.43. The highest BCUT2D eigenvalue weighted by Gasteiger charge is 2.42. The van der Waals surface area contributed by atoms with Gasteiger partial charge in [0.05, 0.1) is 36.7 Å². The van der Waals surface area contributed by atoms with Gasteiger partial charge >= 0.3 is 0 Å². The highest BCUT2D eigenvalue weighted by molar-refractivity contribution is 5.41. The monoisotopic (exact) mass is 391 g/mol. The number of aromatic nitrogens is 2. The van der Waals surface area contributed by atoms with E-state index in [2.05, 4.69) is 38.7 Å². The quantitative estimate of drug-likeness (QED) is 0.723. The van der Waals surface area contributed by atoms with E-state index in [4.69, 9.17) is 14.2 Å². The molecule has 1 saturated carbocycles. The van der Waals surface area contributed by atoms with Crippen LogP contribution in [0.15, 0.2) is 12.4 Å². The van der Waals surface area contributed by atoms with E-state index in [9.17, 15) is 0 Å². The molecule has 2 N–H and O–H groups in total. The molecular formula is C20H33N5O3. The molecule has 3 fully saturated rings. The molecule has 8 heteroatoms. The van der Waals surface area contributed by atoms with E-state index in [1.807, 2.05) is 0 Å². The van der Waals surface area contributed by atoms with Gasteiger partial charge in [0, 0.05) is 45.3 Å². The van der Waals surface area contributed by atoms with E-state index in [0.717, 1.165) is 50.3 Å². The normalized spacial score (nSPS) is 33.8. The summed E-state index contributed by atoms with van der Waals surface area (Å²) in [6, 6.07) is 2.78. The summed E-state index contributed by atoms with van der Waals surface area (Å²) in [4.78, 5) is 11.4. The molecule has 6 atom stereocenters. The van der Waals surface area contributed by atoms with Crippen molar-refractivity contribution in [3.63, 3.8) is 0 Å². The van der Waals surface area contributed by atoms with Crippen molar-refractivity contribution >= 4 is 5.82 Å². The summed E-state index contributed by atoms with van der Waals surface area (Å²) in [7, 11) is 3.50. The van der Waals surface area contributed by atoms with Gasteiger partial charge < -0.3 is 19.1 Å². The van der Waals surface area contributed by atoms with Crippen LogP contribution in [0.25, 0.3) is 0 Å². The summed E-state index contributed by atoms with van der Waals surface area (Å²) in [5.74, 6) is 1.45. The first-order valence-corrected chi connectivity index (χ1v) is 10.4. The fourth-order valence-corrected chi connectivity index (χ4v) is 4.87. The van der Waals surface area contributed by atoms with Crippen molar-refractivity contribution in [2.45, 2.75) is 63.0 Å². The maximum absolute atomic E-state index is 6.22. The maximum Gasteiger partial charge on any atom is 0.132 e. The molecule has 2 aliphatic heterocycles. The minimum absolute atomic E-state index is 0.127. The van der Waals surface area contributed by atoms with Crippen molar-refractivity contribution in [3.05, 3.63) is 18.1 Å². The van der Waals surface area contributed by atoms with Crippen molar-refractivity contribution in [2.24, 2.45) is 5.92 Å². The third-order valence-electron chi connectivity index (χ3n) is 6.32. The van der Waals surface area contributed by atoms with Crippen LogP contribution in [0.1, 0.15) is 44.3 Å². The topological polar surface area (TPSA) is 80.8 Å². The van der Waals surface area contributed by atoms with Crippen LogP contribution in [-0.2, 0) is 14.2 Å². The predicted octanol–water partition coefficient (Wildman–Crippen LogP) is 1.44. The van der Waals surface area contributed by atoms with Crippen molar-refractivity contribution in [3.8, 4) is 0 Å². The standard InChI is InChI=1S/C20H33N5O3/c1-13(11-26-2)28-14-4-5-17-16(8-14)20(24-23-17)18-9-19(22-12-21-18)25-7-6-15(10-25)27-3/h9,12-17,20,23-24H,4-8,10-11H2,1-3H3/t13-,14?,15+,16?,17?,20?/m0/s1. The zero-order chi connectivity index (χ0) is 19.5. The van der Waals surface area contributed by atoms with E-state index in [1.54, 1.807) is 20.5 Å². The van der Waals surface area contributed by atoms with E-state index in [-0.39, 0.29) is 18.2 Å². The Labute approximate surface area is 167 Å². The second kappa shape index (κ2) is 9.00. The Kier molecular flexibility index (Phi) is 6.42. The van der Waals surface area contributed by atoms with E-state index in [0.29, 0.717) is 24.7 Å². The van der Waals surface area contributed by atoms with Crippen LogP contribution in [0.5, 0.6) is 0 Å². The van der Waals surface area contributed by atoms with Gasteiger partial charge in [-0.2, -0.15) is 0 Å². The largest absolute Gasteiger partial charge is 0.382 e. The number of hydrazine groups is 1. The van der Waals surface area contributed by atoms with Gasteiger partial charge in [0.25, 0.3) is 0 Å². The molecule has 0 spiro atoms. The minimum atomic E-state index is 0.127. The van der Waals surface area contributed by atoms with Gasteiger partial charge in [0.2, 0.25) is 0 Å². The average Bonchev–Trinajstić information content (AvgIpc) is 3.35. The molecule has 1 aromatic rings. The summed E-state index contributed by atoms with van der Waals surface area (Å²) in [5.41, 5.74) is 8.03. The highest BCUT2D eigenvalue weighted by atomic mass is 16.5. The Morgan fingerprint density at radius 2 is 2.07 bits per heavy atom. The number of fused-ring (bicyclic) bond motifs is 1. The predicted molar refractivity (Wildman–Crippen MR) is 106 cm³/mol. The summed E-state index contributed by atoms with van der Waals surface area (Å²) < 4.78 is 16.9. The highest BCUT2D eigenvalue weighted by Crippen LogP contribution is 2.39. The summed E-state index contributed by atoms with van der Waals surface area (Å²) in [6.07, 6.45) is 6.65. The molecule has 156 valence electrons. The molecule has 0 bridgehead atoms. The third kappa shape index (κ3) is 4.31. The Morgan fingerprint density at radius 3 is 2.86 bits per heavy atom. The number of ether oxygens (including phenoxy) is 3. The van der Waals surface area contributed by atoms with Crippen LogP contribution in [-0.4, -0.2) is 68.2 Å². The second-order valence-electron chi connectivity index (χ2n) is 8.27. The SMILES string of the molecule is COC[C@H](C)OC1CCC2NNC(c3cc(N4CC[C@@H](OC)C4)ncn3)C2C1. The van der Waals surface area contributed by atoms with Crippen LogP contribution < -0.4 is 15.8 Å². The molecule has 0 aromatic carbocycles. The number of hydrogen-bond acceptors (Lipinski definition) is 8. The van der Waals surface area contributed by atoms with E-state index >= 15 is 0 Å². The molecule has 0 amide bonds. The summed E-state index contributed by atoms with van der Waals surface area (Å²) >= 11 is 0. The fourth-order valence-electron chi connectivity index (χ4n) is 4.87. The van der Waals surface area contributed by atoms with Gasteiger partial charge in [-0.05, 0) is 32.6 Å². The number of hydrogen-bond donors (Lipinski definition) is 2. The average molecular weight is 392 g/mol. The lowest BCUT2D eigenvalue weighted by atomic mass is 9.79. The van der Waals surface area contributed by atoms with Crippen LogP contribution >= 0.6 is 0 Å². The van der Waals surface area contributed by atoms with Gasteiger partial charge in [0.15, 0.2) is 0 Å². The Bertz CT molecular complexity index is 648. The second-order valence-corrected chi connectivity index (χ2v) is 8.27. The zero-order valence-electron chi connectivity index (χ0n) is 17.1. The summed E-state index contributed by atoms with van der Waals surface area (Å²) in [6.45, 7) is 4.59. The van der Waals surface area contributed by atoms with Crippen molar-refractivity contribution in [2.75, 3.05) is 38.8 Å². The van der Waals surface area contributed by atoms with Crippen LogP contribution in [0, 0.1) is 5.92 Å². The molecule has 2 saturated heterocycles. The minimum Gasteiger partial charge on any atom is -0.382 e. The number of nitrogens with zero attached hydrogens (tertiary/aromatic N) is 3. The lowest BCUT2D eigenvalue weighted by Crippen LogP contribution is -2.38. The molecule has 1 aromatic heterocycles. The lowest BCUT2D eigenvalue weighted by molar-refractivity contribution is -0.0623. The van der Waals surface area contributed by atoms with Gasteiger partial charge in [-0.1, -0.05) is 0 Å². The van der Waals surface area contributed by atoms with Gasteiger partial charge in [-0.15, -0.1) is 0 Å². The molecule has 3 heterocycles. The Hall–Kier alpha value is -1.32. The Morgan fingerprint density at radius 1 is 1.18 bits per heavy atom. The number of methoxy groups -OCH3 is 2. The molecule has 28 heavy (non-hydrogen) atoms. The molecule has 8 nitrogen and oxygen atoms in total. The van der Waals surface area contributed by atoms with Gasteiger partial charge in [0.1, 0.15) is 12.1 Å². The van der Waals surface area contributed by atoms with Crippen LogP contribution in [0.4, 0.5) is 5.82 Å². The van der Waals surface area contributed by atoms with Crippen LogP contribution in [0.2, 0.25) is 0 Å². The first-order chi connectivity index (χ1) is 13.7. The molecule has 1 aliphatic carbocycles. The van der Waals surface area contributed by atoms with E-state index < -0.39 is 0 Å². The van der Waals surface area contributed by atoms with Crippen molar-refractivity contribution in [1.29, 1.82) is 0 Å². The van der Waals surface area contributed by atoms with Gasteiger partial charge in [-0.3, -0.25) is 5.43 Å². The molecule has 4 unspecified atom stereocenters. The van der Waals surface area contributed by atoms with Gasteiger partial charge in [-0.25, -0.2) is 15.4 Å². The smallest absolute Gasteiger partial charge is 0.132 e. The number of anilines is 1. The van der Waals surface area contributed by atoms with Crippen molar-refractivity contribution in [1.82, 2.24) is 20.8 Å². The number of nitrogens with one attached hydrogen (secondary N) is 2. The number of rotatable bonds is 7. The van der Waals surface area contributed by atoms with Crippen LogP contribution in [0.3, 0.4) is 0 Å². The molecule has 0 radical (unpaired) electrons. The fraction of sp³-hybridized carbons (Fsp3) is 0.800. The zero-order valence-corrected chi connectivity index (χ0v) is 17.1. The molecule has 3 aliphatic rings. The third-order valence-corrected chi connectivity index (χ3v) is 6.32. The first-order valence-electron chi connectivity index (χ1n) is 10.4.